The lowest BCUT2D eigenvalue weighted by Crippen LogP contribution is -2.54. The molecule has 1 atom stereocenters. The van der Waals surface area contributed by atoms with Crippen LogP contribution >= 0.6 is 11.6 Å². The minimum Gasteiger partial charge on any atom is -0.475 e. The van der Waals surface area contributed by atoms with Crippen molar-refractivity contribution in [1.82, 2.24) is 34.8 Å². The number of carbonyl (C=O) groups excluding carboxylic acids is 2. The standard InChI is InChI=1S/C30H35ClFN9O3/c1-18-14-20(4-5-21(18)29(42)39-10-12-40(13-11-39)30(43)37-15-19(2)33)38-27-28-36-16-23(41(28)9-8-35-27)22-6-7-24(44-17-34-3)26(32)25(22)31/h4-9,14,16,19,34H,10-13,15,17,33H2,1-3H3,(H,35,38)(H,37,43)/t19-/m1/s1. The number of piperazine rings is 1. The van der Waals surface area contributed by atoms with E-state index in [-0.39, 0.29) is 35.5 Å². The number of anilines is 2. The number of amides is 3. The quantitative estimate of drug-likeness (QED) is 0.207. The van der Waals surface area contributed by atoms with Crippen molar-refractivity contribution in [3.8, 4) is 17.0 Å². The molecule has 1 saturated heterocycles. The molecule has 5 rings (SSSR count). The van der Waals surface area contributed by atoms with Crippen molar-refractivity contribution < 1.29 is 18.7 Å². The van der Waals surface area contributed by atoms with Gasteiger partial charge in [-0.25, -0.2) is 19.2 Å². The van der Waals surface area contributed by atoms with E-state index in [1.165, 1.54) is 6.07 Å². The number of urea groups is 1. The van der Waals surface area contributed by atoms with Gasteiger partial charge in [0.05, 0.1) is 16.9 Å². The molecule has 3 amide bonds. The normalized spacial score (nSPS) is 14.0. The largest absolute Gasteiger partial charge is 0.475 e. The first-order valence-corrected chi connectivity index (χ1v) is 14.6. The molecule has 2 aromatic heterocycles. The summed E-state index contributed by atoms with van der Waals surface area (Å²) in [6.07, 6.45) is 4.93. The number of carbonyl (C=O) groups is 2. The van der Waals surface area contributed by atoms with Crippen LogP contribution in [-0.4, -0.2) is 88.7 Å². The SMILES string of the molecule is CNCOc1ccc(-c2cnc3c(Nc4ccc(C(=O)N5CCN(C(=O)NC[C@@H](C)N)CC5)c(C)c4)nccn23)c(Cl)c1F. The van der Waals surface area contributed by atoms with E-state index in [0.29, 0.717) is 61.0 Å². The molecule has 232 valence electrons. The molecule has 5 N–H and O–H groups in total. The van der Waals surface area contributed by atoms with Gasteiger partial charge in [0.2, 0.25) is 0 Å². The zero-order chi connectivity index (χ0) is 31.4. The van der Waals surface area contributed by atoms with Crippen LogP contribution in [0.5, 0.6) is 5.75 Å². The average molecular weight is 624 g/mol. The highest BCUT2D eigenvalue weighted by atomic mass is 35.5. The maximum absolute atomic E-state index is 14.9. The molecule has 0 unspecified atom stereocenters. The Morgan fingerprint density at radius 2 is 1.89 bits per heavy atom. The predicted octanol–water partition coefficient (Wildman–Crippen LogP) is 3.61. The maximum atomic E-state index is 14.9. The van der Waals surface area contributed by atoms with Gasteiger partial charge in [-0.05, 0) is 56.8 Å². The van der Waals surface area contributed by atoms with Crippen LogP contribution < -0.4 is 26.4 Å². The van der Waals surface area contributed by atoms with Gasteiger partial charge < -0.3 is 30.9 Å². The van der Waals surface area contributed by atoms with Crippen LogP contribution in [0.3, 0.4) is 0 Å². The molecule has 2 aromatic carbocycles. The van der Waals surface area contributed by atoms with Crippen LogP contribution in [0.2, 0.25) is 5.02 Å². The highest BCUT2D eigenvalue weighted by Gasteiger charge is 2.26. The number of imidazole rings is 1. The second-order valence-corrected chi connectivity index (χ2v) is 11.0. The molecule has 0 spiro atoms. The first-order valence-electron chi connectivity index (χ1n) is 14.2. The second kappa shape index (κ2) is 13.5. The first-order chi connectivity index (χ1) is 21.2. The van der Waals surface area contributed by atoms with Gasteiger partial charge in [0.1, 0.15) is 6.73 Å². The van der Waals surface area contributed by atoms with E-state index < -0.39 is 5.82 Å². The van der Waals surface area contributed by atoms with E-state index >= 15 is 0 Å². The molecule has 1 fully saturated rings. The van der Waals surface area contributed by atoms with Crippen molar-refractivity contribution >= 4 is 40.7 Å². The lowest BCUT2D eigenvalue weighted by Gasteiger charge is -2.35. The van der Waals surface area contributed by atoms with E-state index in [2.05, 4.69) is 25.9 Å². The van der Waals surface area contributed by atoms with Gasteiger partial charge in [0, 0.05) is 68.0 Å². The summed E-state index contributed by atoms with van der Waals surface area (Å²) < 4.78 is 22.0. The minimum absolute atomic E-state index is 0.0471. The van der Waals surface area contributed by atoms with E-state index in [1.807, 2.05) is 26.0 Å². The van der Waals surface area contributed by atoms with Gasteiger partial charge >= 0.3 is 6.03 Å². The van der Waals surface area contributed by atoms with Crippen LogP contribution in [0.25, 0.3) is 16.9 Å². The van der Waals surface area contributed by atoms with Crippen molar-refractivity contribution in [3.63, 3.8) is 0 Å². The molecule has 44 heavy (non-hydrogen) atoms. The Morgan fingerprint density at radius 3 is 2.59 bits per heavy atom. The number of halogens is 2. The summed E-state index contributed by atoms with van der Waals surface area (Å²) in [6, 6.07) is 8.37. The molecule has 0 radical (unpaired) electrons. The number of aryl methyl sites for hydroxylation is 1. The zero-order valence-corrected chi connectivity index (χ0v) is 25.5. The number of aromatic nitrogens is 3. The van der Waals surface area contributed by atoms with Crippen molar-refractivity contribution in [3.05, 3.63) is 70.9 Å². The Labute approximate surface area is 259 Å². The van der Waals surface area contributed by atoms with E-state index in [0.717, 1.165) is 11.3 Å². The third-order valence-corrected chi connectivity index (χ3v) is 7.64. The summed E-state index contributed by atoms with van der Waals surface area (Å²) in [5, 5.41) is 8.81. The van der Waals surface area contributed by atoms with Crippen molar-refractivity contribution in [2.75, 3.05) is 51.8 Å². The van der Waals surface area contributed by atoms with Crippen molar-refractivity contribution in [2.24, 2.45) is 5.73 Å². The van der Waals surface area contributed by atoms with E-state index in [4.69, 9.17) is 22.1 Å². The molecule has 0 bridgehead atoms. The number of benzene rings is 2. The van der Waals surface area contributed by atoms with Crippen LogP contribution in [-0.2, 0) is 0 Å². The Bertz CT molecular complexity index is 1670. The fourth-order valence-corrected chi connectivity index (χ4v) is 5.21. The number of nitrogens with one attached hydrogen (secondary N) is 3. The molecule has 3 heterocycles. The third kappa shape index (κ3) is 6.54. The summed E-state index contributed by atoms with van der Waals surface area (Å²) in [4.78, 5) is 38.1. The van der Waals surface area contributed by atoms with Crippen molar-refractivity contribution in [1.29, 1.82) is 0 Å². The van der Waals surface area contributed by atoms with E-state index in [1.54, 1.807) is 52.0 Å². The average Bonchev–Trinajstić information content (AvgIpc) is 3.45. The van der Waals surface area contributed by atoms with Crippen LogP contribution in [0.15, 0.2) is 48.9 Å². The second-order valence-electron chi connectivity index (χ2n) is 10.6. The monoisotopic (exact) mass is 623 g/mol. The number of rotatable bonds is 9. The lowest BCUT2D eigenvalue weighted by atomic mass is 10.1. The number of nitrogens with zero attached hydrogens (tertiary/aromatic N) is 5. The Morgan fingerprint density at radius 1 is 1.14 bits per heavy atom. The van der Waals surface area contributed by atoms with E-state index in [9.17, 15) is 14.0 Å². The topological polar surface area (TPSA) is 142 Å². The molecule has 12 nitrogen and oxygen atoms in total. The van der Waals surface area contributed by atoms with Gasteiger partial charge in [-0.15, -0.1) is 0 Å². The predicted molar refractivity (Wildman–Crippen MR) is 167 cm³/mol. The zero-order valence-electron chi connectivity index (χ0n) is 24.7. The van der Waals surface area contributed by atoms with Crippen LogP contribution in [0.4, 0.5) is 20.7 Å². The van der Waals surface area contributed by atoms with Gasteiger partial charge in [0.15, 0.2) is 23.0 Å². The molecule has 14 heteroatoms. The number of ether oxygens (including phenoxy) is 1. The molecular weight excluding hydrogens is 589 g/mol. The van der Waals surface area contributed by atoms with Gasteiger partial charge in [-0.3, -0.25) is 14.5 Å². The third-order valence-electron chi connectivity index (χ3n) is 7.27. The molecule has 0 aliphatic carbocycles. The smallest absolute Gasteiger partial charge is 0.317 e. The number of fused-ring (bicyclic) bond motifs is 1. The van der Waals surface area contributed by atoms with Gasteiger partial charge in [-0.2, -0.15) is 0 Å². The highest BCUT2D eigenvalue weighted by molar-refractivity contribution is 6.33. The minimum atomic E-state index is -0.656. The van der Waals surface area contributed by atoms with Crippen LogP contribution in [0, 0.1) is 12.7 Å². The fourth-order valence-electron chi connectivity index (χ4n) is 4.96. The van der Waals surface area contributed by atoms with Gasteiger partial charge in [0.25, 0.3) is 5.91 Å². The maximum Gasteiger partial charge on any atom is 0.317 e. The molecule has 4 aromatic rings. The molecule has 1 aliphatic heterocycles. The lowest BCUT2D eigenvalue weighted by molar-refractivity contribution is 0.0664. The fraction of sp³-hybridized carbons (Fsp3) is 0.333. The molecule has 0 saturated carbocycles. The number of hydrogen-bond donors (Lipinski definition) is 4. The van der Waals surface area contributed by atoms with Gasteiger partial charge in [-0.1, -0.05) is 11.6 Å². The van der Waals surface area contributed by atoms with Crippen molar-refractivity contribution in [2.45, 2.75) is 19.9 Å². The summed E-state index contributed by atoms with van der Waals surface area (Å²) in [7, 11) is 1.69. The summed E-state index contributed by atoms with van der Waals surface area (Å²) in [6.45, 7) is 6.02. The summed E-state index contributed by atoms with van der Waals surface area (Å²) in [5.74, 6) is -0.224. The Hall–Kier alpha value is -4.46. The summed E-state index contributed by atoms with van der Waals surface area (Å²) in [5.41, 5.74) is 9.35. The number of nitrogens with two attached hydrogens (primary N) is 1. The Balaban J connectivity index is 1.29. The van der Waals surface area contributed by atoms with Crippen LogP contribution in [0.1, 0.15) is 22.8 Å². The molecule has 1 aliphatic rings. The Kier molecular flexibility index (Phi) is 9.47. The number of hydrogen-bond acceptors (Lipinski definition) is 8. The summed E-state index contributed by atoms with van der Waals surface area (Å²) >= 11 is 6.39. The molecular formula is C30H35ClFN9O3. The highest BCUT2D eigenvalue weighted by Crippen LogP contribution is 2.36. The first kappa shape index (κ1) is 31.0.